The zero-order valence-corrected chi connectivity index (χ0v) is 13.0. The average molecular weight is 304 g/mol. The molecule has 0 amide bonds. The number of aryl methyl sites for hydroxylation is 1. The van der Waals surface area contributed by atoms with Gasteiger partial charge in [0.15, 0.2) is 5.52 Å². The van der Waals surface area contributed by atoms with E-state index in [0.717, 1.165) is 17.5 Å². The standard InChI is InChI=1S/C19H16N2O2/c1-11-5-3-6-13-14(9-8-12(2)16(11)13)18-21-15-7-4-10-20-17(15)19(22)23-18/h3-4,6-11H,5H2,1-2H3. The lowest BCUT2D eigenvalue weighted by molar-refractivity contribution is 0.516. The van der Waals surface area contributed by atoms with Gasteiger partial charge in [0.05, 0.1) is 0 Å². The third-order valence-electron chi connectivity index (χ3n) is 4.39. The van der Waals surface area contributed by atoms with Crippen LogP contribution in [0.15, 0.2) is 45.8 Å². The number of nitrogens with zero attached hydrogens (tertiary/aromatic N) is 2. The van der Waals surface area contributed by atoms with E-state index in [1.807, 2.05) is 6.07 Å². The summed E-state index contributed by atoms with van der Waals surface area (Å²) in [5, 5.41) is 0. The van der Waals surface area contributed by atoms with Crippen molar-refractivity contribution in [3.8, 4) is 11.5 Å². The topological polar surface area (TPSA) is 56.0 Å². The van der Waals surface area contributed by atoms with Crippen LogP contribution in [0.5, 0.6) is 0 Å². The van der Waals surface area contributed by atoms with E-state index in [9.17, 15) is 4.79 Å². The first-order chi connectivity index (χ1) is 11.1. The Morgan fingerprint density at radius 2 is 2.13 bits per heavy atom. The van der Waals surface area contributed by atoms with E-state index in [1.165, 1.54) is 11.1 Å². The van der Waals surface area contributed by atoms with E-state index in [0.29, 0.717) is 17.3 Å². The van der Waals surface area contributed by atoms with Crippen molar-refractivity contribution in [2.75, 3.05) is 0 Å². The molecular formula is C19H16N2O2. The van der Waals surface area contributed by atoms with Gasteiger partial charge in [0.2, 0.25) is 5.89 Å². The van der Waals surface area contributed by atoms with E-state index < -0.39 is 5.63 Å². The zero-order chi connectivity index (χ0) is 16.0. The van der Waals surface area contributed by atoms with E-state index in [4.69, 9.17) is 4.42 Å². The summed E-state index contributed by atoms with van der Waals surface area (Å²) >= 11 is 0. The normalized spacial score (nSPS) is 16.5. The molecule has 1 aliphatic rings. The van der Waals surface area contributed by atoms with Gasteiger partial charge in [-0.2, -0.15) is 0 Å². The smallest absolute Gasteiger partial charge is 0.365 e. The largest absolute Gasteiger partial charge is 0.402 e. The summed E-state index contributed by atoms with van der Waals surface area (Å²) in [5.74, 6) is 0.800. The second-order valence-corrected chi connectivity index (χ2v) is 5.97. The minimum absolute atomic E-state index is 0.265. The first-order valence-electron chi connectivity index (χ1n) is 7.71. The Morgan fingerprint density at radius 3 is 3.00 bits per heavy atom. The summed E-state index contributed by atoms with van der Waals surface area (Å²) in [4.78, 5) is 20.7. The number of fused-ring (bicyclic) bond motifs is 2. The predicted molar refractivity (Wildman–Crippen MR) is 90.3 cm³/mol. The van der Waals surface area contributed by atoms with Crippen molar-refractivity contribution in [2.24, 2.45) is 0 Å². The fourth-order valence-corrected chi connectivity index (χ4v) is 3.30. The molecular weight excluding hydrogens is 288 g/mol. The maximum atomic E-state index is 12.2. The molecule has 0 radical (unpaired) electrons. The van der Waals surface area contributed by atoms with Crippen LogP contribution in [0.25, 0.3) is 28.6 Å². The highest BCUT2D eigenvalue weighted by Gasteiger charge is 2.21. The van der Waals surface area contributed by atoms with Crippen LogP contribution < -0.4 is 5.63 Å². The number of rotatable bonds is 1. The molecule has 2 aromatic heterocycles. The van der Waals surface area contributed by atoms with Crippen LogP contribution in [0.2, 0.25) is 0 Å². The highest BCUT2D eigenvalue weighted by atomic mass is 16.4. The van der Waals surface area contributed by atoms with Gasteiger partial charge < -0.3 is 4.42 Å². The summed E-state index contributed by atoms with van der Waals surface area (Å²) in [6.07, 6.45) is 6.86. The van der Waals surface area contributed by atoms with Crippen molar-refractivity contribution in [3.63, 3.8) is 0 Å². The molecule has 4 nitrogen and oxygen atoms in total. The molecule has 0 aliphatic heterocycles. The molecule has 1 atom stereocenters. The van der Waals surface area contributed by atoms with Crippen LogP contribution in [-0.2, 0) is 0 Å². The van der Waals surface area contributed by atoms with E-state index in [-0.39, 0.29) is 5.52 Å². The molecule has 1 aromatic carbocycles. The van der Waals surface area contributed by atoms with Gasteiger partial charge in [-0.15, -0.1) is 0 Å². The fraction of sp³-hybridized carbons (Fsp3) is 0.211. The molecule has 0 saturated heterocycles. The lowest BCUT2D eigenvalue weighted by atomic mass is 9.83. The van der Waals surface area contributed by atoms with Gasteiger partial charge in [-0.05, 0) is 54.2 Å². The number of pyridine rings is 1. The minimum Gasteiger partial charge on any atom is -0.402 e. The molecule has 0 spiro atoms. The fourth-order valence-electron chi connectivity index (χ4n) is 3.30. The van der Waals surface area contributed by atoms with Crippen molar-refractivity contribution in [1.82, 2.24) is 9.97 Å². The van der Waals surface area contributed by atoms with Gasteiger partial charge in [-0.1, -0.05) is 25.1 Å². The maximum Gasteiger partial charge on any atom is 0.365 e. The van der Waals surface area contributed by atoms with Gasteiger partial charge in [-0.3, -0.25) is 0 Å². The van der Waals surface area contributed by atoms with Crippen molar-refractivity contribution in [3.05, 3.63) is 63.6 Å². The highest BCUT2D eigenvalue weighted by Crippen LogP contribution is 2.37. The van der Waals surface area contributed by atoms with Crippen LogP contribution in [0, 0.1) is 6.92 Å². The van der Waals surface area contributed by atoms with Crippen molar-refractivity contribution >= 4 is 17.1 Å². The summed E-state index contributed by atoms with van der Waals surface area (Å²) in [5.41, 5.74) is 4.89. The molecule has 23 heavy (non-hydrogen) atoms. The van der Waals surface area contributed by atoms with Gasteiger partial charge in [0.1, 0.15) is 5.52 Å². The molecule has 4 rings (SSSR count). The second kappa shape index (κ2) is 5.16. The minimum atomic E-state index is -0.451. The SMILES string of the molecule is Cc1ccc(-c2nc3cccnc3c(=O)o2)c2c1C(C)CC=C2. The third kappa shape index (κ3) is 2.18. The monoisotopic (exact) mass is 304 g/mol. The van der Waals surface area contributed by atoms with Gasteiger partial charge >= 0.3 is 5.63 Å². The molecule has 3 aromatic rings. The number of benzene rings is 1. The van der Waals surface area contributed by atoms with Crippen LogP contribution >= 0.6 is 0 Å². The Morgan fingerprint density at radius 1 is 1.26 bits per heavy atom. The van der Waals surface area contributed by atoms with E-state index >= 15 is 0 Å². The number of allylic oxidation sites excluding steroid dienone is 1. The van der Waals surface area contributed by atoms with Gasteiger partial charge in [0.25, 0.3) is 0 Å². The lowest BCUT2D eigenvalue weighted by Crippen LogP contribution is -2.08. The lowest BCUT2D eigenvalue weighted by Gasteiger charge is -2.22. The van der Waals surface area contributed by atoms with Gasteiger partial charge in [-0.25, -0.2) is 14.8 Å². The summed E-state index contributed by atoms with van der Waals surface area (Å²) in [6, 6.07) is 7.59. The second-order valence-electron chi connectivity index (χ2n) is 5.97. The Hall–Kier alpha value is -2.75. The zero-order valence-electron chi connectivity index (χ0n) is 13.0. The quantitative estimate of drug-likeness (QED) is 0.679. The number of hydrogen-bond donors (Lipinski definition) is 0. The first-order valence-corrected chi connectivity index (χ1v) is 7.71. The molecule has 0 fully saturated rings. The van der Waals surface area contributed by atoms with Gasteiger partial charge in [0, 0.05) is 11.8 Å². The Kier molecular flexibility index (Phi) is 3.11. The maximum absolute atomic E-state index is 12.2. The summed E-state index contributed by atoms with van der Waals surface area (Å²) in [6.45, 7) is 4.33. The Bertz CT molecular complexity index is 1000. The first kappa shape index (κ1) is 13.9. The Balaban J connectivity index is 2.01. The van der Waals surface area contributed by atoms with Crippen LogP contribution in [0.4, 0.5) is 0 Å². The molecule has 4 heteroatoms. The summed E-state index contributed by atoms with van der Waals surface area (Å²) < 4.78 is 5.45. The van der Waals surface area contributed by atoms with Crippen molar-refractivity contribution in [2.45, 2.75) is 26.2 Å². The van der Waals surface area contributed by atoms with E-state index in [2.05, 4.69) is 42.0 Å². The van der Waals surface area contributed by atoms with Crippen molar-refractivity contribution in [1.29, 1.82) is 0 Å². The van der Waals surface area contributed by atoms with Crippen molar-refractivity contribution < 1.29 is 4.42 Å². The van der Waals surface area contributed by atoms with E-state index in [1.54, 1.807) is 18.3 Å². The molecule has 1 unspecified atom stereocenters. The predicted octanol–water partition coefficient (Wildman–Crippen LogP) is 4.08. The summed E-state index contributed by atoms with van der Waals surface area (Å²) in [7, 11) is 0. The average Bonchev–Trinajstić information content (AvgIpc) is 2.55. The molecule has 0 saturated carbocycles. The molecule has 0 N–H and O–H groups in total. The van der Waals surface area contributed by atoms with Crippen LogP contribution in [0.3, 0.4) is 0 Å². The highest BCUT2D eigenvalue weighted by molar-refractivity contribution is 5.79. The Labute approximate surface area is 133 Å². The van der Waals surface area contributed by atoms with Crippen LogP contribution in [0.1, 0.15) is 36.0 Å². The molecule has 114 valence electrons. The van der Waals surface area contributed by atoms with Crippen LogP contribution in [-0.4, -0.2) is 9.97 Å². The molecule has 0 bridgehead atoms. The molecule has 1 aliphatic carbocycles. The number of aromatic nitrogens is 2. The molecule has 2 heterocycles. The number of hydrogen-bond acceptors (Lipinski definition) is 4. The third-order valence-corrected chi connectivity index (χ3v) is 4.39.